The average Bonchev–Trinajstić information content (AvgIpc) is 2.70. The summed E-state index contributed by atoms with van der Waals surface area (Å²) in [6.07, 6.45) is 0.894. The molecule has 0 aliphatic carbocycles. The van der Waals surface area contributed by atoms with Gasteiger partial charge in [-0.2, -0.15) is 0 Å². The van der Waals surface area contributed by atoms with Crippen LogP contribution in [0.3, 0.4) is 0 Å². The normalized spacial score (nSPS) is 29.8. The quantitative estimate of drug-likeness (QED) is 0.733. The zero-order valence-electron chi connectivity index (χ0n) is 13.6. The van der Waals surface area contributed by atoms with E-state index in [-0.39, 0.29) is 12.1 Å². The predicted octanol–water partition coefficient (Wildman–Crippen LogP) is 1.63. The van der Waals surface area contributed by atoms with Gasteiger partial charge in [0.2, 0.25) is 0 Å². The van der Waals surface area contributed by atoms with Crippen molar-refractivity contribution < 1.29 is 9.53 Å². The molecular formula is C15H29N3O2. The molecule has 2 aliphatic rings. The number of nitrogens with zero attached hydrogens (tertiary/aromatic N) is 3. The number of hydrogen-bond acceptors (Lipinski definition) is 4. The number of hydrogen-bond donors (Lipinski definition) is 0. The molecule has 0 spiro atoms. The lowest BCUT2D eigenvalue weighted by atomic mass is 10.1. The molecule has 2 fully saturated rings. The molecule has 0 saturated carbocycles. The molecule has 0 aromatic rings. The zero-order valence-corrected chi connectivity index (χ0v) is 13.6. The van der Waals surface area contributed by atoms with Crippen LogP contribution < -0.4 is 0 Å². The number of amides is 1. The monoisotopic (exact) mass is 283 g/mol. The Bertz CT molecular complexity index is 346. The molecule has 0 aromatic heterocycles. The first-order valence-corrected chi connectivity index (χ1v) is 7.70. The molecule has 0 radical (unpaired) electrons. The summed E-state index contributed by atoms with van der Waals surface area (Å²) in [7, 11) is 2.17. The van der Waals surface area contributed by atoms with E-state index in [4.69, 9.17) is 4.74 Å². The SMILES string of the molecule is C[C@H]1[C@H](N2CCN(C)CC2)CCN1C(=O)OC(C)(C)C. The average molecular weight is 283 g/mol. The minimum Gasteiger partial charge on any atom is -0.444 e. The summed E-state index contributed by atoms with van der Waals surface area (Å²) in [6.45, 7) is 13.2. The van der Waals surface area contributed by atoms with Crippen molar-refractivity contribution >= 4 is 6.09 Å². The van der Waals surface area contributed by atoms with E-state index in [9.17, 15) is 4.79 Å². The van der Waals surface area contributed by atoms with Gasteiger partial charge in [0.15, 0.2) is 0 Å². The van der Waals surface area contributed by atoms with Gasteiger partial charge in [0.05, 0.1) is 0 Å². The van der Waals surface area contributed by atoms with Gasteiger partial charge in [-0.25, -0.2) is 4.79 Å². The molecule has 0 N–H and O–H groups in total. The number of carbonyl (C=O) groups excluding carboxylic acids is 1. The van der Waals surface area contributed by atoms with E-state index in [1.807, 2.05) is 25.7 Å². The molecule has 5 nitrogen and oxygen atoms in total. The fraction of sp³-hybridized carbons (Fsp3) is 0.933. The molecule has 0 aromatic carbocycles. The number of likely N-dealkylation sites (N-methyl/N-ethyl adjacent to an activating group) is 1. The Morgan fingerprint density at radius 1 is 1.10 bits per heavy atom. The topological polar surface area (TPSA) is 36.0 Å². The van der Waals surface area contributed by atoms with Crippen molar-refractivity contribution in [1.29, 1.82) is 0 Å². The van der Waals surface area contributed by atoms with Crippen LogP contribution in [0.15, 0.2) is 0 Å². The first kappa shape index (κ1) is 15.6. The van der Waals surface area contributed by atoms with Gasteiger partial charge in [0, 0.05) is 44.8 Å². The van der Waals surface area contributed by atoms with Crippen LogP contribution in [-0.2, 0) is 4.74 Å². The Balaban J connectivity index is 1.92. The third kappa shape index (κ3) is 3.64. The maximum absolute atomic E-state index is 12.2. The van der Waals surface area contributed by atoms with E-state index in [2.05, 4.69) is 23.8 Å². The molecule has 1 amide bonds. The van der Waals surface area contributed by atoms with Crippen LogP contribution in [0.4, 0.5) is 4.79 Å². The maximum Gasteiger partial charge on any atom is 0.410 e. The van der Waals surface area contributed by atoms with Crippen LogP contribution in [0.1, 0.15) is 34.1 Å². The van der Waals surface area contributed by atoms with Crippen molar-refractivity contribution in [3.8, 4) is 0 Å². The van der Waals surface area contributed by atoms with Gasteiger partial charge in [-0.1, -0.05) is 0 Å². The third-order valence-electron chi connectivity index (χ3n) is 4.35. The Kier molecular flexibility index (Phi) is 4.59. The van der Waals surface area contributed by atoms with Gasteiger partial charge in [-0.05, 0) is 41.2 Å². The van der Waals surface area contributed by atoms with E-state index in [1.54, 1.807) is 0 Å². The molecule has 2 heterocycles. The van der Waals surface area contributed by atoms with Crippen molar-refractivity contribution in [3.05, 3.63) is 0 Å². The fourth-order valence-corrected chi connectivity index (χ4v) is 3.14. The van der Waals surface area contributed by atoms with Gasteiger partial charge in [0.1, 0.15) is 5.60 Å². The van der Waals surface area contributed by atoms with Crippen LogP contribution in [0.25, 0.3) is 0 Å². The van der Waals surface area contributed by atoms with Crippen LogP contribution in [0.2, 0.25) is 0 Å². The molecule has 0 bridgehead atoms. The highest BCUT2D eigenvalue weighted by molar-refractivity contribution is 5.69. The summed E-state index contributed by atoms with van der Waals surface area (Å²) in [6, 6.07) is 0.726. The lowest BCUT2D eigenvalue weighted by Gasteiger charge is -2.38. The Hall–Kier alpha value is -0.810. The first-order chi connectivity index (χ1) is 9.28. The standard InChI is InChI=1S/C15H29N3O2/c1-12-13(17-10-8-16(5)9-11-17)6-7-18(12)14(19)20-15(2,3)4/h12-13H,6-11H2,1-5H3/t12-,13+/m0/s1. The van der Waals surface area contributed by atoms with Gasteiger partial charge in [-0.3, -0.25) is 4.90 Å². The van der Waals surface area contributed by atoms with Gasteiger partial charge >= 0.3 is 6.09 Å². The molecule has 116 valence electrons. The zero-order chi connectivity index (χ0) is 14.9. The minimum atomic E-state index is -0.414. The van der Waals surface area contributed by atoms with E-state index in [0.29, 0.717) is 6.04 Å². The summed E-state index contributed by atoms with van der Waals surface area (Å²) < 4.78 is 5.51. The van der Waals surface area contributed by atoms with Crippen LogP contribution >= 0.6 is 0 Å². The summed E-state index contributed by atoms with van der Waals surface area (Å²) in [5, 5.41) is 0. The first-order valence-electron chi connectivity index (χ1n) is 7.70. The van der Waals surface area contributed by atoms with Gasteiger partial charge < -0.3 is 14.5 Å². The number of rotatable bonds is 1. The molecule has 0 unspecified atom stereocenters. The van der Waals surface area contributed by atoms with Gasteiger partial charge in [0.25, 0.3) is 0 Å². The van der Waals surface area contributed by atoms with E-state index in [0.717, 1.165) is 39.1 Å². The number of carbonyl (C=O) groups is 1. The van der Waals surface area contributed by atoms with Crippen molar-refractivity contribution in [2.45, 2.75) is 51.8 Å². The second-order valence-corrected chi connectivity index (χ2v) is 7.11. The number of ether oxygens (including phenoxy) is 1. The van der Waals surface area contributed by atoms with E-state index >= 15 is 0 Å². The predicted molar refractivity (Wildman–Crippen MR) is 79.9 cm³/mol. The molecule has 5 heteroatoms. The molecular weight excluding hydrogens is 254 g/mol. The van der Waals surface area contributed by atoms with Crippen LogP contribution in [0.5, 0.6) is 0 Å². The van der Waals surface area contributed by atoms with Crippen molar-refractivity contribution in [3.63, 3.8) is 0 Å². The molecule has 20 heavy (non-hydrogen) atoms. The Morgan fingerprint density at radius 2 is 1.70 bits per heavy atom. The number of likely N-dealkylation sites (tertiary alicyclic amines) is 1. The van der Waals surface area contributed by atoms with E-state index in [1.165, 1.54) is 0 Å². The number of piperazine rings is 1. The lowest BCUT2D eigenvalue weighted by molar-refractivity contribution is 0.0184. The fourth-order valence-electron chi connectivity index (χ4n) is 3.14. The third-order valence-corrected chi connectivity index (χ3v) is 4.35. The molecule has 2 aliphatic heterocycles. The van der Waals surface area contributed by atoms with Crippen LogP contribution in [0, 0.1) is 0 Å². The van der Waals surface area contributed by atoms with Crippen molar-refractivity contribution in [1.82, 2.24) is 14.7 Å². The second-order valence-electron chi connectivity index (χ2n) is 7.11. The summed E-state index contributed by atoms with van der Waals surface area (Å²) in [5.74, 6) is 0. The summed E-state index contributed by atoms with van der Waals surface area (Å²) >= 11 is 0. The highest BCUT2D eigenvalue weighted by Crippen LogP contribution is 2.25. The lowest BCUT2D eigenvalue weighted by Crippen LogP contribution is -2.53. The smallest absolute Gasteiger partial charge is 0.410 e. The minimum absolute atomic E-state index is 0.165. The highest BCUT2D eigenvalue weighted by atomic mass is 16.6. The Morgan fingerprint density at radius 3 is 2.25 bits per heavy atom. The molecule has 2 saturated heterocycles. The van der Waals surface area contributed by atoms with Crippen molar-refractivity contribution in [2.75, 3.05) is 39.8 Å². The second kappa shape index (κ2) is 5.90. The van der Waals surface area contributed by atoms with Gasteiger partial charge in [-0.15, -0.1) is 0 Å². The Labute approximate surface area is 122 Å². The summed E-state index contributed by atoms with van der Waals surface area (Å²) in [5.41, 5.74) is -0.414. The largest absolute Gasteiger partial charge is 0.444 e. The maximum atomic E-state index is 12.2. The van der Waals surface area contributed by atoms with E-state index < -0.39 is 5.60 Å². The molecule has 2 rings (SSSR count). The van der Waals surface area contributed by atoms with Crippen LogP contribution in [-0.4, -0.2) is 78.2 Å². The summed E-state index contributed by atoms with van der Waals surface area (Å²) in [4.78, 5) is 19.0. The highest BCUT2D eigenvalue weighted by Gasteiger charge is 2.39. The molecule has 2 atom stereocenters. The van der Waals surface area contributed by atoms with Crippen molar-refractivity contribution in [2.24, 2.45) is 0 Å².